The van der Waals surface area contributed by atoms with Crippen molar-refractivity contribution in [3.8, 4) is 17.2 Å². The summed E-state index contributed by atoms with van der Waals surface area (Å²) >= 11 is 0. The van der Waals surface area contributed by atoms with Crippen molar-refractivity contribution in [2.24, 2.45) is 11.7 Å². The summed E-state index contributed by atoms with van der Waals surface area (Å²) in [5.74, 6) is 0.826. The van der Waals surface area contributed by atoms with Gasteiger partial charge in [0, 0.05) is 38.2 Å². The number of nitrogens with one attached hydrogen (secondary N) is 2. The SMILES string of the molecule is CC(C)CNC(=O)c1cc(OCCNCCOCCN)c(OCCOCCOCCOCc2ccccc2)c(OCCOCCOCCOC(=O)CCCN(C)C)c1. The van der Waals surface area contributed by atoms with Crippen molar-refractivity contribution in [1.29, 1.82) is 0 Å². The highest BCUT2D eigenvalue weighted by Crippen LogP contribution is 2.39. The molecular formula is C42H70N4O12. The Morgan fingerprint density at radius 1 is 0.672 bits per heavy atom. The maximum Gasteiger partial charge on any atom is 0.305 e. The lowest BCUT2D eigenvalue weighted by Crippen LogP contribution is -2.28. The molecule has 0 heterocycles. The fraction of sp³-hybridized carbons (Fsp3) is 0.667. The van der Waals surface area contributed by atoms with Gasteiger partial charge in [-0.3, -0.25) is 9.59 Å². The number of carbonyl (C=O) groups excluding carboxylic acids is 2. The first-order chi connectivity index (χ1) is 28.3. The maximum absolute atomic E-state index is 13.2. The Labute approximate surface area is 345 Å². The predicted molar refractivity (Wildman–Crippen MR) is 221 cm³/mol. The van der Waals surface area contributed by atoms with Crippen LogP contribution in [0, 0.1) is 5.92 Å². The molecule has 330 valence electrons. The second-order valence-corrected chi connectivity index (χ2v) is 13.7. The van der Waals surface area contributed by atoms with Crippen molar-refractivity contribution in [1.82, 2.24) is 15.5 Å². The van der Waals surface area contributed by atoms with Crippen LogP contribution in [-0.2, 0) is 44.6 Å². The van der Waals surface area contributed by atoms with Crippen LogP contribution in [0.15, 0.2) is 42.5 Å². The first-order valence-corrected chi connectivity index (χ1v) is 20.4. The Morgan fingerprint density at radius 3 is 1.84 bits per heavy atom. The third-order valence-electron chi connectivity index (χ3n) is 7.84. The van der Waals surface area contributed by atoms with Gasteiger partial charge in [-0.15, -0.1) is 0 Å². The molecule has 0 atom stereocenters. The monoisotopic (exact) mass is 822 g/mol. The number of benzene rings is 2. The van der Waals surface area contributed by atoms with Crippen LogP contribution in [-0.4, -0.2) is 163 Å². The molecule has 58 heavy (non-hydrogen) atoms. The maximum atomic E-state index is 13.2. The molecule has 0 saturated carbocycles. The molecule has 0 aliphatic carbocycles. The highest BCUT2D eigenvalue weighted by atomic mass is 16.6. The standard InChI is InChI=1S/C42H70N4O12/c1-35(2)33-45-42(48)37-31-38(55-18-14-44-13-17-49-16-12-43)41(58-30-27-53-20-19-50-23-24-54-34-36-9-6-5-7-10-36)39(32-37)56-28-25-51-21-22-52-26-29-57-40(47)11-8-15-46(3)4/h5-7,9-10,31-32,35,44H,8,11-30,33-34,43H2,1-4H3,(H,45,48). The second kappa shape index (κ2) is 34.3. The van der Waals surface area contributed by atoms with Gasteiger partial charge in [-0.2, -0.15) is 0 Å². The summed E-state index contributed by atoms with van der Waals surface area (Å²) in [6, 6.07) is 13.3. The minimum Gasteiger partial charge on any atom is -0.488 e. The van der Waals surface area contributed by atoms with Crippen LogP contribution in [0.5, 0.6) is 17.2 Å². The number of rotatable bonds is 38. The molecule has 1 amide bonds. The highest BCUT2D eigenvalue weighted by Gasteiger charge is 2.19. The van der Waals surface area contributed by atoms with Crippen molar-refractivity contribution in [3.63, 3.8) is 0 Å². The molecule has 0 spiro atoms. The number of nitrogens with two attached hydrogens (primary N) is 1. The van der Waals surface area contributed by atoms with Gasteiger partial charge in [0.25, 0.3) is 5.91 Å². The molecule has 2 aromatic carbocycles. The van der Waals surface area contributed by atoms with E-state index in [0.717, 1.165) is 18.5 Å². The van der Waals surface area contributed by atoms with Crippen LogP contribution >= 0.6 is 0 Å². The quantitative estimate of drug-likeness (QED) is 0.0665. The van der Waals surface area contributed by atoms with Gasteiger partial charge in [-0.05, 0) is 50.7 Å². The summed E-state index contributed by atoms with van der Waals surface area (Å²) in [5, 5.41) is 6.23. The predicted octanol–water partition coefficient (Wildman–Crippen LogP) is 2.94. The molecule has 0 aliphatic rings. The van der Waals surface area contributed by atoms with Gasteiger partial charge in [0.05, 0.1) is 79.3 Å². The zero-order chi connectivity index (χ0) is 41.9. The Balaban J connectivity index is 1.90. The Hall–Kier alpha value is -3.58. The van der Waals surface area contributed by atoms with Crippen LogP contribution in [0.4, 0.5) is 0 Å². The highest BCUT2D eigenvalue weighted by molar-refractivity contribution is 5.95. The van der Waals surface area contributed by atoms with Crippen LogP contribution in [0.1, 0.15) is 42.6 Å². The van der Waals surface area contributed by atoms with Gasteiger partial charge in [0.1, 0.15) is 26.4 Å². The van der Waals surface area contributed by atoms with Crippen molar-refractivity contribution >= 4 is 11.9 Å². The Bertz CT molecular complexity index is 1320. The molecule has 16 nitrogen and oxygen atoms in total. The fourth-order valence-corrected chi connectivity index (χ4v) is 4.92. The van der Waals surface area contributed by atoms with Crippen LogP contribution in [0.25, 0.3) is 0 Å². The minimum atomic E-state index is -0.258. The normalized spacial score (nSPS) is 11.3. The summed E-state index contributed by atoms with van der Waals surface area (Å²) in [4.78, 5) is 27.0. The lowest BCUT2D eigenvalue weighted by atomic mass is 10.1. The van der Waals surface area contributed by atoms with E-state index >= 15 is 0 Å². The van der Waals surface area contributed by atoms with Gasteiger partial charge in [0.15, 0.2) is 11.5 Å². The zero-order valence-electron chi connectivity index (χ0n) is 35.3. The van der Waals surface area contributed by atoms with Gasteiger partial charge in [-0.1, -0.05) is 44.2 Å². The van der Waals surface area contributed by atoms with E-state index in [4.69, 9.17) is 53.1 Å². The van der Waals surface area contributed by atoms with Crippen molar-refractivity contribution in [3.05, 3.63) is 53.6 Å². The molecule has 0 bridgehead atoms. The molecule has 0 aliphatic heterocycles. The first kappa shape index (κ1) is 50.6. The van der Waals surface area contributed by atoms with Crippen molar-refractivity contribution in [2.45, 2.75) is 33.3 Å². The number of ether oxygens (including phenoxy) is 10. The molecule has 2 rings (SSSR count). The third kappa shape index (κ3) is 26.4. The molecule has 0 unspecified atom stereocenters. The third-order valence-corrected chi connectivity index (χ3v) is 7.84. The first-order valence-electron chi connectivity index (χ1n) is 20.4. The summed E-state index contributed by atoms with van der Waals surface area (Å²) in [6.07, 6.45) is 1.13. The van der Waals surface area contributed by atoms with Crippen LogP contribution in [0.2, 0.25) is 0 Å². The second-order valence-electron chi connectivity index (χ2n) is 13.7. The zero-order valence-corrected chi connectivity index (χ0v) is 35.3. The summed E-state index contributed by atoms with van der Waals surface area (Å²) in [6.45, 7) is 12.7. The summed E-state index contributed by atoms with van der Waals surface area (Å²) < 4.78 is 57.4. The van der Waals surface area contributed by atoms with E-state index in [0.29, 0.717) is 121 Å². The average Bonchev–Trinajstić information content (AvgIpc) is 3.21. The molecule has 0 fully saturated rings. The van der Waals surface area contributed by atoms with Gasteiger partial charge < -0.3 is 68.6 Å². The van der Waals surface area contributed by atoms with E-state index in [1.807, 2.05) is 63.2 Å². The van der Waals surface area contributed by atoms with E-state index < -0.39 is 0 Å². The molecular weight excluding hydrogens is 752 g/mol. The lowest BCUT2D eigenvalue weighted by Gasteiger charge is -2.19. The van der Waals surface area contributed by atoms with Crippen LogP contribution < -0.4 is 30.6 Å². The fourth-order valence-electron chi connectivity index (χ4n) is 4.92. The van der Waals surface area contributed by atoms with Gasteiger partial charge in [-0.25, -0.2) is 0 Å². The molecule has 0 aromatic heterocycles. The molecule has 0 radical (unpaired) electrons. The summed E-state index contributed by atoms with van der Waals surface area (Å²) in [7, 11) is 3.93. The van der Waals surface area contributed by atoms with E-state index in [2.05, 4.69) is 10.6 Å². The Kier molecular flexibility index (Phi) is 29.9. The number of nitrogens with zero attached hydrogens (tertiary/aromatic N) is 1. The number of hydrogen-bond donors (Lipinski definition) is 3. The smallest absolute Gasteiger partial charge is 0.305 e. The van der Waals surface area contributed by atoms with Crippen molar-refractivity contribution < 1.29 is 57.0 Å². The van der Waals surface area contributed by atoms with Gasteiger partial charge >= 0.3 is 5.97 Å². The molecule has 16 heteroatoms. The van der Waals surface area contributed by atoms with Crippen LogP contribution in [0.3, 0.4) is 0 Å². The molecule has 4 N–H and O–H groups in total. The number of amides is 1. The van der Waals surface area contributed by atoms with E-state index in [1.165, 1.54) is 0 Å². The number of carbonyl (C=O) groups is 2. The largest absolute Gasteiger partial charge is 0.488 e. The van der Waals surface area contributed by atoms with Crippen molar-refractivity contribution in [2.75, 3.05) is 146 Å². The number of hydrogen-bond acceptors (Lipinski definition) is 15. The lowest BCUT2D eigenvalue weighted by molar-refractivity contribution is -0.145. The van der Waals surface area contributed by atoms with E-state index in [9.17, 15) is 9.59 Å². The number of esters is 1. The Morgan fingerprint density at radius 2 is 1.22 bits per heavy atom. The summed E-state index contributed by atoms with van der Waals surface area (Å²) in [5.41, 5.74) is 6.97. The minimum absolute atomic E-state index is 0.171. The van der Waals surface area contributed by atoms with Gasteiger partial charge in [0.2, 0.25) is 5.75 Å². The van der Waals surface area contributed by atoms with E-state index in [1.54, 1.807) is 12.1 Å². The average molecular weight is 823 g/mol. The van der Waals surface area contributed by atoms with E-state index in [-0.39, 0.29) is 57.4 Å². The topological polar surface area (TPSA) is 180 Å². The molecule has 2 aromatic rings. The molecule has 0 saturated heterocycles.